The highest BCUT2D eigenvalue weighted by Gasteiger charge is 2.50. The van der Waals surface area contributed by atoms with E-state index in [0.29, 0.717) is 5.25 Å². The van der Waals surface area contributed by atoms with Crippen molar-refractivity contribution in [3.05, 3.63) is 148 Å². The van der Waals surface area contributed by atoms with E-state index in [4.69, 9.17) is 4.42 Å². The van der Waals surface area contributed by atoms with E-state index >= 15 is 0 Å². The highest BCUT2D eigenvalue weighted by Crippen LogP contribution is 2.56. The first-order chi connectivity index (χ1) is 19.8. The Morgan fingerprint density at radius 2 is 1.77 bits per heavy atom. The fraction of sp³-hybridized carbons (Fsp3) is 0.0833. The summed E-state index contributed by atoms with van der Waals surface area (Å²) in [5, 5.41) is 2.76. The van der Waals surface area contributed by atoms with Crippen molar-refractivity contribution in [1.29, 1.82) is 0 Å². The zero-order valence-electron chi connectivity index (χ0n) is 21.5. The zero-order valence-corrected chi connectivity index (χ0v) is 22.4. The number of hydrogen-bond acceptors (Lipinski definition) is 3. The molecule has 4 heterocycles. The molecule has 2 atom stereocenters. The number of nitrogens with zero attached hydrogens (tertiary/aromatic N) is 2. The molecule has 0 saturated carbocycles. The normalized spacial score (nSPS) is 23.4. The predicted octanol–water partition coefficient (Wildman–Crippen LogP) is 8.64. The maximum atomic E-state index is 6.17. The number of para-hydroxylation sites is 3. The van der Waals surface area contributed by atoms with Crippen LogP contribution in [0.15, 0.2) is 153 Å². The van der Waals surface area contributed by atoms with Gasteiger partial charge in [0.1, 0.15) is 22.9 Å². The molecule has 10 rings (SSSR count). The fourth-order valence-corrected chi connectivity index (χ4v) is 8.68. The van der Waals surface area contributed by atoms with E-state index in [0.717, 1.165) is 34.0 Å². The molecule has 3 aliphatic carbocycles. The molecule has 0 bridgehead atoms. The van der Waals surface area contributed by atoms with Gasteiger partial charge >= 0.3 is 0 Å². The second-order valence-corrected chi connectivity index (χ2v) is 12.2. The Balaban J connectivity index is 1.20. The van der Waals surface area contributed by atoms with Gasteiger partial charge < -0.3 is 9.32 Å². The number of fused-ring (bicyclic) bond motifs is 9. The molecule has 4 aromatic rings. The molecule has 0 saturated heterocycles. The molecule has 3 aliphatic heterocycles. The Kier molecular flexibility index (Phi) is 4.02. The quantitative estimate of drug-likeness (QED) is 0.229. The van der Waals surface area contributed by atoms with E-state index < -0.39 is 0 Å². The van der Waals surface area contributed by atoms with Gasteiger partial charge in [-0.1, -0.05) is 66.8 Å². The summed E-state index contributed by atoms with van der Waals surface area (Å²) < 4.78 is 8.64. The van der Waals surface area contributed by atoms with Crippen molar-refractivity contribution in [1.82, 2.24) is 4.58 Å². The van der Waals surface area contributed by atoms with Gasteiger partial charge in [-0.05, 0) is 41.0 Å². The predicted molar refractivity (Wildman–Crippen MR) is 167 cm³/mol. The van der Waals surface area contributed by atoms with E-state index in [1.54, 1.807) is 0 Å². The minimum atomic E-state index is 0.158. The summed E-state index contributed by atoms with van der Waals surface area (Å²) >= 11 is 2.00. The van der Waals surface area contributed by atoms with Crippen molar-refractivity contribution in [3.63, 3.8) is 0 Å². The molecule has 188 valence electrons. The lowest BCUT2D eigenvalue weighted by Crippen LogP contribution is -2.45. The molecule has 40 heavy (non-hydrogen) atoms. The van der Waals surface area contributed by atoms with Crippen LogP contribution in [0.25, 0.3) is 21.9 Å². The Morgan fingerprint density at radius 3 is 2.77 bits per heavy atom. The van der Waals surface area contributed by atoms with Crippen LogP contribution < -0.4 is 9.48 Å². The number of hydrogen-bond donors (Lipinski definition) is 0. The molecule has 6 aliphatic rings. The Hall–Kier alpha value is -4.54. The van der Waals surface area contributed by atoms with Crippen LogP contribution in [0.1, 0.15) is 6.42 Å². The van der Waals surface area contributed by atoms with Gasteiger partial charge in [0.15, 0.2) is 0 Å². The van der Waals surface area contributed by atoms with E-state index in [1.807, 2.05) is 23.9 Å². The molecule has 0 N–H and O–H groups in total. The monoisotopic (exact) mass is 531 g/mol. The van der Waals surface area contributed by atoms with E-state index in [-0.39, 0.29) is 6.04 Å². The maximum absolute atomic E-state index is 6.17. The lowest BCUT2D eigenvalue weighted by molar-refractivity contribution is 0.669. The van der Waals surface area contributed by atoms with Crippen LogP contribution in [0, 0.1) is 0 Å². The highest BCUT2D eigenvalue weighted by molar-refractivity contribution is 8.04. The van der Waals surface area contributed by atoms with Crippen molar-refractivity contribution < 1.29 is 4.42 Å². The van der Waals surface area contributed by atoms with Crippen LogP contribution in [0.2, 0.25) is 0 Å². The molecular formula is C36H23N2OS+. The van der Waals surface area contributed by atoms with Crippen molar-refractivity contribution in [3.8, 4) is 0 Å². The molecule has 4 heteroatoms. The minimum Gasteiger partial charge on any atom is -0.456 e. The summed E-state index contributed by atoms with van der Waals surface area (Å²) in [4.78, 5) is 4.06. The molecule has 0 amide bonds. The summed E-state index contributed by atoms with van der Waals surface area (Å²) in [5.41, 5.74) is 14.0. The highest BCUT2D eigenvalue weighted by atomic mass is 32.2. The molecule has 2 unspecified atom stereocenters. The zero-order chi connectivity index (χ0) is 25.9. The van der Waals surface area contributed by atoms with Gasteiger partial charge in [0.25, 0.3) is 0 Å². The number of benzene rings is 3. The minimum absolute atomic E-state index is 0.158. The summed E-state index contributed by atoms with van der Waals surface area (Å²) in [6, 6.07) is 24.0. The first-order valence-corrected chi connectivity index (χ1v) is 14.8. The third-order valence-electron chi connectivity index (χ3n) is 9.05. The number of allylic oxidation sites excluding steroid dienone is 8. The van der Waals surface area contributed by atoms with Crippen LogP contribution in [0.5, 0.6) is 0 Å². The number of anilines is 1. The van der Waals surface area contributed by atoms with Gasteiger partial charge in [-0.2, -0.15) is 4.58 Å². The third kappa shape index (κ3) is 2.64. The van der Waals surface area contributed by atoms with Crippen LogP contribution >= 0.6 is 11.8 Å². The maximum Gasteiger partial charge on any atom is 0.235 e. The van der Waals surface area contributed by atoms with Gasteiger partial charge in [0, 0.05) is 57.6 Å². The summed E-state index contributed by atoms with van der Waals surface area (Å²) in [6.07, 6.45) is 19.4. The molecular weight excluding hydrogens is 508 g/mol. The van der Waals surface area contributed by atoms with E-state index in [1.165, 1.54) is 50.0 Å². The first-order valence-electron chi connectivity index (χ1n) is 13.9. The number of furan rings is 1. The van der Waals surface area contributed by atoms with Gasteiger partial charge in [-0.3, -0.25) is 0 Å². The van der Waals surface area contributed by atoms with Gasteiger partial charge in [-0.25, -0.2) is 0 Å². The topological polar surface area (TPSA) is 19.4 Å². The van der Waals surface area contributed by atoms with Crippen LogP contribution in [-0.2, 0) is 0 Å². The Labute approximate surface area is 235 Å². The molecule has 0 spiro atoms. The van der Waals surface area contributed by atoms with E-state index in [2.05, 4.69) is 113 Å². The number of thioether (sulfide) groups is 1. The molecule has 1 aromatic heterocycles. The summed E-state index contributed by atoms with van der Waals surface area (Å²) in [5.74, 6) is 0. The average Bonchev–Trinajstić information content (AvgIpc) is 3.66. The smallest absolute Gasteiger partial charge is 0.235 e. The molecule has 3 aromatic carbocycles. The lowest BCUT2D eigenvalue weighted by atomic mass is 9.88. The summed E-state index contributed by atoms with van der Waals surface area (Å²) in [7, 11) is 0. The second kappa shape index (κ2) is 7.56. The van der Waals surface area contributed by atoms with Crippen molar-refractivity contribution >= 4 is 56.5 Å². The molecule has 3 nitrogen and oxygen atoms in total. The van der Waals surface area contributed by atoms with Crippen molar-refractivity contribution in [2.45, 2.75) is 17.7 Å². The van der Waals surface area contributed by atoms with Gasteiger partial charge in [-0.15, -0.1) is 11.8 Å². The van der Waals surface area contributed by atoms with Crippen LogP contribution in [0.3, 0.4) is 0 Å². The third-order valence-corrected chi connectivity index (χ3v) is 10.3. The first kappa shape index (κ1) is 21.3. The van der Waals surface area contributed by atoms with Crippen LogP contribution in [-0.4, -0.2) is 17.0 Å². The number of rotatable bonds is 1. The Bertz CT molecular complexity index is 2130. The average molecular weight is 532 g/mol. The molecule has 0 radical (unpaired) electrons. The Morgan fingerprint density at radius 1 is 0.875 bits per heavy atom. The lowest BCUT2D eigenvalue weighted by Gasteiger charge is -2.34. The SMILES string of the molecule is C1=CC2=C3CC4=C(C=C3SC2C=C1)C1=CC=CC2=[N+](c3ccc5oc6ccccc6c5c3)c3ccccc3N4C12. The van der Waals surface area contributed by atoms with Crippen molar-refractivity contribution in [2.75, 3.05) is 4.90 Å². The van der Waals surface area contributed by atoms with Gasteiger partial charge in [0.05, 0.1) is 5.25 Å². The van der Waals surface area contributed by atoms with Crippen molar-refractivity contribution in [2.24, 2.45) is 0 Å². The molecule has 0 fully saturated rings. The fourth-order valence-electron chi connectivity index (χ4n) is 7.38. The summed E-state index contributed by atoms with van der Waals surface area (Å²) in [6.45, 7) is 0. The standard InChI is InChI=1S/C36H23N2OS/c1-5-14-32-22(8-1)26-18-21(16-17-33(26)39-32)37-28-11-3-4-12-29(28)38-31-19-27-23-9-2-6-15-34(23)40-35(27)20-25(31)24-10-7-13-30(37)36(24)38/h1-18,20,34,36H,19H2/q+1. The second-order valence-electron chi connectivity index (χ2n) is 11.0. The van der Waals surface area contributed by atoms with Gasteiger partial charge in [0.2, 0.25) is 17.1 Å². The largest absolute Gasteiger partial charge is 0.456 e. The van der Waals surface area contributed by atoms with E-state index in [9.17, 15) is 0 Å². The van der Waals surface area contributed by atoms with Crippen LogP contribution in [0.4, 0.5) is 17.1 Å².